The molecule has 15 aromatic rings. The lowest BCUT2D eigenvalue weighted by Gasteiger charge is -2.12. The maximum absolute atomic E-state index is 6.34. The van der Waals surface area contributed by atoms with Gasteiger partial charge in [-0.25, -0.2) is 43.6 Å². The Kier molecular flexibility index (Phi) is 16.4. The van der Waals surface area contributed by atoms with Gasteiger partial charge in [0.1, 0.15) is 32.8 Å². The van der Waals surface area contributed by atoms with Crippen LogP contribution < -0.4 is 13.7 Å². The van der Waals surface area contributed by atoms with Crippen molar-refractivity contribution < 1.29 is 27.0 Å². The predicted molar refractivity (Wildman–Crippen MR) is 373 cm³/mol. The van der Waals surface area contributed by atoms with Crippen LogP contribution in [0, 0.1) is 41.5 Å². The van der Waals surface area contributed by atoms with Gasteiger partial charge in [-0.2, -0.15) is 0 Å². The quantitative estimate of drug-likeness (QED) is 0.128. The Labute approximate surface area is 542 Å². The molecule has 0 bridgehead atoms. The summed E-state index contributed by atoms with van der Waals surface area (Å²) in [4.78, 5) is 32.6. The van der Waals surface area contributed by atoms with E-state index in [0.29, 0.717) is 28.9 Å². The Morgan fingerprint density at radius 1 is 0.344 bits per heavy atom. The van der Waals surface area contributed by atoms with Gasteiger partial charge in [-0.1, -0.05) is 108 Å². The second kappa shape index (κ2) is 24.9. The molecule has 0 aliphatic carbocycles. The van der Waals surface area contributed by atoms with E-state index in [2.05, 4.69) is 251 Å². The van der Waals surface area contributed by atoms with E-state index in [4.69, 9.17) is 28.2 Å². The van der Waals surface area contributed by atoms with E-state index in [1.807, 2.05) is 63.4 Å². The molecule has 11 heterocycles. The van der Waals surface area contributed by atoms with Crippen molar-refractivity contribution in [2.45, 2.75) is 101 Å². The molecule has 0 aliphatic heterocycles. The molecule has 0 radical (unpaired) electrons. The fraction of sp³-hybridized carbons (Fsp3) is 0.225. The highest BCUT2D eigenvalue weighted by molar-refractivity contribution is 6.11. The number of benzene rings is 4. The van der Waals surface area contributed by atoms with Crippen LogP contribution in [0.15, 0.2) is 190 Å². The van der Waals surface area contributed by atoms with Gasteiger partial charge < -0.3 is 13.3 Å². The second-order valence-electron chi connectivity index (χ2n) is 25.5. The van der Waals surface area contributed by atoms with E-state index < -0.39 is 0 Å². The van der Waals surface area contributed by atoms with Gasteiger partial charge in [0.25, 0.3) is 0 Å². The summed E-state index contributed by atoms with van der Waals surface area (Å²) in [7, 11) is 6.19. The highest BCUT2D eigenvalue weighted by atomic mass is 16.3. The molecule has 0 saturated heterocycles. The summed E-state index contributed by atoms with van der Waals surface area (Å²) in [6, 6.07) is 53.0. The molecule has 0 amide bonds. The van der Waals surface area contributed by atoms with E-state index in [9.17, 15) is 0 Å². The molecule has 0 atom stereocenters. The van der Waals surface area contributed by atoms with Crippen LogP contribution in [-0.4, -0.2) is 34.9 Å². The zero-order valence-corrected chi connectivity index (χ0v) is 55.7. The first-order valence-corrected chi connectivity index (χ1v) is 31.9. The van der Waals surface area contributed by atoms with Gasteiger partial charge in [0.2, 0.25) is 34.2 Å². The third-order valence-electron chi connectivity index (χ3n) is 17.6. The Morgan fingerprint density at radius 3 is 1.13 bits per heavy atom. The minimum atomic E-state index is 0.223. The number of nitrogens with zero attached hydrogens (tertiary/aromatic N) is 10. The topological polar surface area (TPSA) is 141 Å². The fourth-order valence-electron chi connectivity index (χ4n) is 12.3. The van der Waals surface area contributed by atoms with Gasteiger partial charge in [0, 0.05) is 115 Å². The lowest BCUT2D eigenvalue weighted by Crippen LogP contribution is -2.30. The van der Waals surface area contributed by atoms with Crippen LogP contribution in [0.1, 0.15) is 110 Å². The molecule has 13 nitrogen and oxygen atoms in total. The minimum absolute atomic E-state index is 0.223. The number of hydrogen-bond acceptors (Lipinski definition) is 10. The maximum Gasteiger partial charge on any atom is 0.227 e. The van der Waals surface area contributed by atoms with Crippen molar-refractivity contribution in [3.05, 3.63) is 227 Å². The first-order valence-electron chi connectivity index (χ1n) is 31.9. The van der Waals surface area contributed by atoms with Crippen LogP contribution in [0.25, 0.3) is 134 Å². The molecule has 0 N–H and O–H groups in total. The number of furan rings is 3. The SMILES string of the molecule is Cc1ccc2c(n1)oc1c(-c3cc(-c4ccc(C(C)C)cc4)cc[n+]3C)c(C)ccc12.Cc1ccc2c(n1)oc1c(-c3cc(-c4ccccn4)cc[n+]3C)c(C)ccc12.Cc1ccc2c(n1)oc1c(-c3cc(-c4nc(C(C)C)nc(C(C)C)n4)cc[n+]3C)c(C)ccc12. The van der Waals surface area contributed by atoms with Crippen molar-refractivity contribution in [1.29, 1.82) is 0 Å². The summed E-state index contributed by atoms with van der Waals surface area (Å²) in [5, 5.41) is 6.40. The first kappa shape index (κ1) is 61.2. The summed E-state index contributed by atoms with van der Waals surface area (Å²) >= 11 is 0. The van der Waals surface area contributed by atoms with Gasteiger partial charge in [0.05, 0.1) is 22.4 Å². The van der Waals surface area contributed by atoms with Crippen LogP contribution in [-0.2, 0) is 21.1 Å². The molecular formula is C80H77N10O3+3. The molecule has 0 aliphatic rings. The smallest absolute Gasteiger partial charge is 0.227 e. The zero-order valence-electron chi connectivity index (χ0n) is 55.7. The van der Waals surface area contributed by atoms with Gasteiger partial charge in [0.15, 0.2) is 41.2 Å². The van der Waals surface area contributed by atoms with Gasteiger partial charge >= 0.3 is 0 Å². The van der Waals surface area contributed by atoms with E-state index in [0.717, 1.165) is 140 Å². The van der Waals surface area contributed by atoms with Gasteiger partial charge in [-0.15, -0.1) is 0 Å². The number of aromatic nitrogens is 10. The van der Waals surface area contributed by atoms with E-state index in [1.165, 1.54) is 22.3 Å². The van der Waals surface area contributed by atoms with Crippen molar-refractivity contribution in [3.63, 3.8) is 0 Å². The number of aryl methyl sites for hydroxylation is 9. The van der Waals surface area contributed by atoms with Gasteiger partial charge in [-0.05, 0) is 129 Å². The fourth-order valence-corrected chi connectivity index (χ4v) is 12.3. The molecular weight excluding hydrogens is 1150 g/mol. The molecule has 11 aromatic heterocycles. The third kappa shape index (κ3) is 11.8. The molecule has 13 heteroatoms. The lowest BCUT2D eigenvalue weighted by atomic mass is 9.96. The Morgan fingerprint density at radius 2 is 0.731 bits per heavy atom. The maximum atomic E-state index is 6.34. The largest absolute Gasteiger partial charge is 0.437 e. The van der Waals surface area contributed by atoms with Crippen molar-refractivity contribution in [1.82, 2.24) is 34.9 Å². The van der Waals surface area contributed by atoms with Crippen LogP contribution in [0.3, 0.4) is 0 Å². The zero-order chi connectivity index (χ0) is 65.1. The molecule has 462 valence electrons. The Hall–Kier alpha value is -10.7. The summed E-state index contributed by atoms with van der Waals surface area (Å²) in [6.45, 7) is 25.2. The van der Waals surface area contributed by atoms with Crippen LogP contribution >= 0.6 is 0 Å². The number of fused-ring (bicyclic) bond motifs is 9. The predicted octanol–water partition coefficient (Wildman–Crippen LogP) is 18.2. The van der Waals surface area contributed by atoms with Gasteiger partial charge in [-0.3, -0.25) is 4.98 Å². The summed E-state index contributed by atoms with van der Waals surface area (Å²) in [6.07, 6.45) is 8.08. The highest BCUT2D eigenvalue weighted by Crippen LogP contribution is 2.41. The van der Waals surface area contributed by atoms with E-state index in [1.54, 1.807) is 0 Å². The standard InChI is InChI=1S/C28H30N5O.C28H27N2O.C24H20N3O/c1-15(2)25-30-26(16(3)4)32-27(31-25)19-12-13-33(7)22(14-19)23-17(5)8-10-20-21-11-9-18(6)29-28(21)34-24(20)23;1-17(2)20-8-10-21(11-9-20)22-14-15-30(5)25(16-22)26-18(3)6-12-23-24-13-7-19(4)29-28(24)31-27(23)26;1-15-7-9-18-19-10-8-16(2)26-24(19)28-23(18)22(15)21-14-17(11-13-27(21)3)20-6-4-5-12-25-20/h8-16H,1-7H3;6-17H,1-5H3;4-14H,1-3H3/q3*+1. The van der Waals surface area contributed by atoms with Crippen LogP contribution in [0.2, 0.25) is 0 Å². The third-order valence-corrected chi connectivity index (χ3v) is 17.6. The Bertz CT molecular complexity index is 5340. The summed E-state index contributed by atoms with van der Waals surface area (Å²) in [5.41, 5.74) is 24.3. The van der Waals surface area contributed by atoms with E-state index >= 15 is 0 Å². The summed E-state index contributed by atoms with van der Waals surface area (Å²) in [5.74, 6) is 3.32. The normalized spacial score (nSPS) is 11.7. The van der Waals surface area contributed by atoms with Crippen molar-refractivity contribution >= 4 is 66.2 Å². The molecule has 4 aromatic carbocycles. The first-order chi connectivity index (χ1) is 44.8. The average Bonchev–Trinajstić information content (AvgIpc) is 1.69. The van der Waals surface area contributed by atoms with Crippen LogP contribution in [0.5, 0.6) is 0 Å². The average molecular weight is 1230 g/mol. The highest BCUT2D eigenvalue weighted by Gasteiger charge is 2.27. The number of rotatable bonds is 9. The van der Waals surface area contributed by atoms with Crippen molar-refractivity contribution in [2.75, 3.05) is 0 Å². The second-order valence-corrected chi connectivity index (χ2v) is 25.5. The molecule has 0 fully saturated rings. The Balaban J connectivity index is 0.000000128. The van der Waals surface area contributed by atoms with Crippen molar-refractivity contribution in [3.8, 4) is 67.5 Å². The molecule has 0 spiro atoms. The summed E-state index contributed by atoms with van der Waals surface area (Å²) < 4.78 is 25.3. The molecule has 15 rings (SSSR count). The van der Waals surface area contributed by atoms with Crippen molar-refractivity contribution in [2.24, 2.45) is 21.1 Å². The van der Waals surface area contributed by atoms with E-state index in [-0.39, 0.29) is 11.8 Å². The van der Waals surface area contributed by atoms with Crippen LogP contribution in [0.4, 0.5) is 0 Å². The molecule has 0 unspecified atom stereocenters. The molecule has 0 saturated carbocycles. The molecule has 93 heavy (non-hydrogen) atoms. The number of hydrogen-bond donors (Lipinski definition) is 0. The lowest BCUT2D eigenvalue weighted by molar-refractivity contribution is -0.660. The number of pyridine rings is 7. The monoisotopic (exact) mass is 1230 g/mol. The minimum Gasteiger partial charge on any atom is -0.437 e.